The summed E-state index contributed by atoms with van der Waals surface area (Å²) in [6.45, 7) is 0.594. The van der Waals surface area contributed by atoms with E-state index in [1.807, 2.05) is 0 Å². The van der Waals surface area contributed by atoms with Crippen LogP contribution in [-0.4, -0.2) is 29.9 Å². The molecule has 0 bridgehead atoms. The van der Waals surface area contributed by atoms with E-state index in [1.165, 1.54) is 36.4 Å². The third-order valence-electron chi connectivity index (χ3n) is 4.55. The van der Waals surface area contributed by atoms with Gasteiger partial charge in [-0.2, -0.15) is 0 Å². The molecule has 0 spiro atoms. The van der Waals surface area contributed by atoms with Crippen LogP contribution >= 0.6 is 46.4 Å². The third-order valence-corrected chi connectivity index (χ3v) is 8.91. The van der Waals surface area contributed by atoms with E-state index in [2.05, 4.69) is 9.44 Å². The van der Waals surface area contributed by atoms with Crippen LogP contribution in [0.2, 0.25) is 20.1 Å². The zero-order chi connectivity index (χ0) is 23.8. The highest BCUT2D eigenvalue weighted by Crippen LogP contribution is 2.25. The molecule has 0 fully saturated rings. The van der Waals surface area contributed by atoms with Gasteiger partial charge in [0.15, 0.2) is 0 Å². The summed E-state index contributed by atoms with van der Waals surface area (Å²) < 4.78 is 54.3. The molecular formula is C20H24Cl4N2O4S2. The highest BCUT2D eigenvalue weighted by Gasteiger charge is 2.18. The largest absolute Gasteiger partial charge is 0.242 e. The van der Waals surface area contributed by atoms with Crippen molar-refractivity contribution < 1.29 is 16.8 Å². The minimum Gasteiger partial charge on any atom is -0.211 e. The topological polar surface area (TPSA) is 92.3 Å². The minimum absolute atomic E-state index is 0.0341. The van der Waals surface area contributed by atoms with Crippen LogP contribution in [0.3, 0.4) is 0 Å². The van der Waals surface area contributed by atoms with Crippen LogP contribution in [0.15, 0.2) is 46.2 Å². The first-order valence-corrected chi connectivity index (χ1v) is 14.4. The number of halogens is 4. The highest BCUT2D eigenvalue weighted by atomic mass is 35.5. The molecule has 32 heavy (non-hydrogen) atoms. The zero-order valence-electron chi connectivity index (χ0n) is 17.1. The summed E-state index contributed by atoms with van der Waals surface area (Å²) in [7, 11) is -7.42. The van der Waals surface area contributed by atoms with Crippen LogP contribution in [0.1, 0.15) is 38.5 Å². The molecule has 6 nitrogen and oxygen atoms in total. The van der Waals surface area contributed by atoms with Crippen molar-refractivity contribution in [3.8, 4) is 0 Å². The second-order valence-electron chi connectivity index (χ2n) is 7.07. The van der Waals surface area contributed by atoms with Gasteiger partial charge in [0.25, 0.3) is 0 Å². The van der Waals surface area contributed by atoms with Gasteiger partial charge in [0, 0.05) is 23.1 Å². The third kappa shape index (κ3) is 8.65. The van der Waals surface area contributed by atoms with Crippen LogP contribution < -0.4 is 9.44 Å². The predicted molar refractivity (Wildman–Crippen MR) is 131 cm³/mol. The van der Waals surface area contributed by atoms with Crippen LogP contribution in [-0.2, 0) is 20.0 Å². The Labute approximate surface area is 209 Å². The van der Waals surface area contributed by atoms with Gasteiger partial charge in [0.1, 0.15) is 9.79 Å². The summed E-state index contributed by atoms with van der Waals surface area (Å²) in [5, 5.41) is 0.839. The average molecular weight is 562 g/mol. The zero-order valence-corrected chi connectivity index (χ0v) is 21.7. The molecule has 0 heterocycles. The maximum Gasteiger partial charge on any atom is 0.242 e. The Morgan fingerprint density at radius 3 is 1.28 bits per heavy atom. The first-order chi connectivity index (χ1) is 15.0. The van der Waals surface area contributed by atoms with Crippen molar-refractivity contribution in [1.29, 1.82) is 0 Å². The predicted octanol–water partition coefficient (Wildman–Crippen LogP) is 5.90. The van der Waals surface area contributed by atoms with Crippen molar-refractivity contribution in [2.45, 2.75) is 48.3 Å². The van der Waals surface area contributed by atoms with Gasteiger partial charge < -0.3 is 0 Å². The van der Waals surface area contributed by atoms with E-state index in [-0.39, 0.29) is 19.8 Å². The maximum atomic E-state index is 12.3. The van der Waals surface area contributed by atoms with Gasteiger partial charge in [0.05, 0.1) is 10.0 Å². The molecule has 0 unspecified atom stereocenters. The number of hydrogen-bond acceptors (Lipinski definition) is 4. The summed E-state index contributed by atoms with van der Waals surface area (Å²) in [5.41, 5.74) is 0. The maximum absolute atomic E-state index is 12.3. The number of nitrogens with one attached hydrogen (secondary N) is 2. The van der Waals surface area contributed by atoms with E-state index in [0.29, 0.717) is 36.0 Å². The van der Waals surface area contributed by atoms with E-state index >= 15 is 0 Å². The smallest absolute Gasteiger partial charge is 0.211 e. The Morgan fingerprint density at radius 1 is 0.562 bits per heavy atom. The molecule has 12 heteroatoms. The van der Waals surface area contributed by atoms with E-state index < -0.39 is 20.0 Å². The van der Waals surface area contributed by atoms with Crippen molar-refractivity contribution in [2.24, 2.45) is 0 Å². The van der Waals surface area contributed by atoms with Gasteiger partial charge in [-0.25, -0.2) is 26.3 Å². The highest BCUT2D eigenvalue weighted by molar-refractivity contribution is 7.90. The monoisotopic (exact) mass is 560 g/mol. The lowest BCUT2D eigenvalue weighted by Crippen LogP contribution is -2.25. The van der Waals surface area contributed by atoms with Gasteiger partial charge in [-0.15, -0.1) is 0 Å². The Bertz CT molecular complexity index is 1040. The average Bonchev–Trinajstić information content (AvgIpc) is 2.72. The van der Waals surface area contributed by atoms with Crippen LogP contribution in [0.4, 0.5) is 0 Å². The Balaban J connectivity index is 1.61. The first-order valence-electron chi connectivity index (χ1n) is 9.92. The molecule has 0 aliphatic carbocycles. The molecule has 0 saturated carbocycles. The lowest BCUT2D eigenvalue weighted by molar-refractivity contribution is 0.556. The molecule has 0 saturated heterocycles. The lowest BCUT2D eigenvalue weighted by atomic mass is 10.1. The molecule has 0 aliphatic heterocycles. The number of benzene rings is 2. The molecule has 178 valence electrons. The molecule has 0 aromatic heterocycles. The van der Waals surface area contributed by atoms with E-state index in [9.17, 15) is 16.8 Å². The van der Waals surface area contributed by atoms with E-state index in [0.717, 1.165) is 25.7 Å². The fourth-order valence-electron chi connectivity index (χ4n) is 2.89. The Kier molecular flexibility index (Phi) is 11.0. The second-order valence-corrected chi connectivity index (χ2v) is 12.2. The summed E-state index contributed by atoms with van der Waals surface area (Å²) in [6.07, 6.45) is 4.86. The number of hydrogen-bond donors (Lipinski definition) is 2. The van der Waals surface area contributed by atoms with Crippen molar-refractivity contribution in [3.63, 3.8) is 0 Å². The molecule has 2 N–H and O–H groups in total. The molecule has 0 aliphatic rings. The first kappa shape index (κ1) is 27.7. The Morgan fingerprint density at radius 2 is 0.906 bits per heavy atom. The molecular weight excluding hydrogens is 538 g/mol. The van der Waals surface area contributed by atoms with Crippen molar-refractivity contribution in [2.75, 3.05) is 13.1 Å². The van der Waals surface area contributed by atoms with E-state index in [1.54, 1.807) is 0 Å². The number of rotatable bonds is 13. The fourth-order valence-corrected chi connectivity index (χ4v) is 6.56. The second kappa shape index (κ2) is 12.8. The molecule has 2 rings (SSSR count). The van der Waals surface area contributed by atoms with Gasteiger partial charge in [-0.05, 0) is 49.2 Å². The summed E-state index contributed by atoms with van der Waals surface area (Å²) in [4.78, 5) is -0.0682. The summed E-state index contributed by atoms with van der Waals surface area (Å²) >= 11 is 23.6. The summed E-state index contributed by atoms with van der Waals surface area (Å²) in [5.74, 6) is 0. The molecule has 2 aromatic rings. The molecule has 0 radical (unpaired) electrons. The number of sulfonamides is 2. The lowest BCUT2D eigenvalue weighted by Gasteiger charge is -2.09. The normalized spacial score (nSPS) is 12.2. The van der Waals surface area contributed by atoms with Gasteiger partial charge in [0.2, 0.25) is 20.0 Å². The van der Waals surface area contributed by atoms with Crippen LogP contribution in [0, 0.1) is 0 Å². The van der Waals surface area contributed by atoms with Crippen molar-refractivity contribution >= 4 is 66.5 Å². The van der Waals surface area contributed by atoms with Gasteiger partial charge >= 0.3 is 0 Å². The fraction of sp³-hybridized carbons (Fsp3) is 0.400. The number of unbranched alkanes of at least 4 members (excludes halogenated alkanes) is 5. The van der Waals surface area contributed by atoms with Gasteiger partial charge in [-0.3, -0.25) is 0 Å². The van der Waals surface area contributed by atoms with Gasteiger partial charge in [-0.1, -0.05) is 72.1 Å². The quantitative estimate of drug-likeness (QED) is 0.298. The van der Waals surface area contributed by atoms with Crippen molar-refractivity contribution in [3.05, 3.63) is 56.5 Å². The molecule has 2 aromatic carbocycles. The minimum atomic E-state index is -3.71. The van der Waals surface area contributed by atoms with Crippen LogP contribution in [0.5, 0.6) is 0 Å². The standard InChI is InChI=1S/C20H24Cl4N2O4S2/c21-15-7-9-17(23)19(13-15)31(27,28)25-11-5-3-1-2-4-6-12-26-32(29,30)20-14-16(22)8-10-18(20)24/h7-10,13-14,25-26H,1-6,11-12H2. The van der Waals surface area contributed by atoms with Crippen LogP contribution in [0.25, 0.3) is 0 Å². The SMILES string of the molecule is O=S(=O)(NCCCCCCCCNS(=O)(=O)c1cc(Cl)ccc1Cl)c1cc(Cl)ccc1Cl. The van der Waals surface area contributed by atoms with Crippen molar-refractivity contribution in [1.82, 2.24) is 9.44 Å². The molecule has 0 atom stereocenters. The Hall–Kier alpha value is -0.580. The molecule has 0 amide bonds. The summed E-state index contributed by atoms with van der Waals surface area (Å²) in [6, 6.07) is 8.59. The van der Waals surface area contributed by atoms with E-state index in [4.69, 9.17) is 46.4 Å².